The van der Waals surface area contributed by atoms with Crippen molar-refractivity contribution in [2.75, 3.05) is 9.80 Å². The molecule has 17 aromatic rings. The number of furan rings is 2. The van der Waals surface area contributed by atoms with Crippen LogP contribution in [-0.2, 0) is 12.8 Å². The van der Waals surface area contributed by atoms with E-state index in [1.54, 1.807) is 0 Å². The Labute approximate surface area is 435 Å². The number of anilines is 6. The summed E-state index contributed by atoms with van der Waals surface area (Å²) in [4.78, 5) is 4.84. The van der Waals surface area contributed by atoms with Crippen molar-refractivity contribution in [1.82, 2.24) is 8.80 Å². The number of hydrogen-bond donors (Lipinski definition) is 0. The molecular formula is C70H46N4O2. The predicted molar refractivity (Wildman–Crippen MR) is 318 cm³/mol. The summed E-state index contributed by atoms with van der Waals surface area (Å²) in [7, 11) is 0. The first-order valence-electron chi connectivity index (χ1n) is 26.5. The van der Waals surface area contributed by atoms with Crippen molar-refractivity contribution in [3.8, 4) is 0 Å². The van der Waals surface area contributed by atoms with Crippen LogP contribution in [0.5, 0.6) is 0 Å². The first kappa shape index (κ1) is 41.7. The zero-order valence-corrected chi connectivity index (χ0v) is 41.8. The monoisotopic (exact) mass is 974 g/mol. The van der Waals surface area contributed by atoms with Crippen molar-refractivity contribution < 1.29 is 8.83 Å². The van der Waals surface area contributed by atoms with E-state index in [1.165, 1.54) is 87.3 Å². The molecule has 6 aromatic heterocycles. The molecule has 0 saturated heterocycles. The van der Waals surface area contributed by atoms with E-state index in [9.17, 15) is 0 Å². The number of para-hydroxylation sites is 8. The fraction of sp³-hybridized carbons (Fsp3) is 0.0571. The maximum absolute atomic E-state index is 6.99. The number of nitrogens with zero attached hydrogens (tertiary/aromatic N) is 4. The van der Waals surface area contributed by atoms with E-state index >= 15 is 0 Å². The molecule has 6 nitrogen and oxygen atoms in total. The molecule has 0 N–H and O–H groups in total. The molecule has 0 amide bonds. The van der Waals surface area contributed by atoms with E-state index in [0.717, 1.165) is 90.8 Å². The van der Waals surface area contributed by atoms with Gasteiger partial charge in [0.05, 0.1) is 55.8 Å². The highest BCUT2D eigenvalue weighted by molar-refractivity contribution is 6.32. The number of aromatic nitrogens is 2. The average molecular weight is 975 g/mol. The molecule has 6 heterocycles. The van der Waals surface area contributed by atoms with E-state index in [2.05, 4.69) is 251 Å². The van der Waals surface area contributed by atoms with Gasteiger partial charge in [0, 0.05) is 76.0 Å². The summed E-state index contributed by atoms with van der Waals surface area (Å²) >= 11 is 0. The molecule has 11 aromatic carbocycles. The van der Waals surface area contributed by atoms with Crippen LogP contribution in [0, 0.1) is 0 Å². The first-order chi connectivity index (χ1) is 37.7. The summed E-state index contributed by atoms with van der Waals surface area (Å²) in [6, 6.07) is 80.0. The summed E-state index contributed by atoms with van der Waals surface area (Å²) in [6.07, 6.45) is 1.79. The molecule has 0 aliphatic rings. The maximum atomic E-state index is 6.99. The zero-order valence-electron chi connectivity index (χ0n) is 41.8. The molecule has 76 heavy (non-hydrogen) atoms. The lowest BCUT2D eigenvalue weighted by Gasteiger charge is -2.26. The minimum absolute atomic E-state index is 0.883. The van der Waals surface area contributed by atoms with E-state index < -0.39 is 0 Å². The number of hydrogen-bond acceptors (Lipinski definition) is 4. The van der Waals surface area contributed by atoms with E-state index in [4.69, 9.17) is 8.83 Å². The first-order valence-corrected chi connectivity index (χ1v) is 26.5. The normalized spacial score (nSPS) is 12.4. The van der Waals surface area contributed by atoms with Crippen molar-refractivity contribution in [3.63, 3.8) is 0 Å². The quantitative estimate of drug-likeness (QED) is 0.152. The van der Waals surface area contributed by atoms with Crippen molar-refractivity contribution in [1.29, 1.82) is 0 Å². The van der Waals surface area contributed by atoms with Crippen LogP contribution in [0.2, 0.25) is 0 Å². The third-order valence-corrected chi connectivity index (χ3v) is 16.7. The van der Waals surface area contributed by atoms with Gasteiger partial charge in [-0.1, -0.05) is 159 Å². The average Bonchev–Trinajstić information content (AvgIpc) is 4.34. The van der Waals surface area contributed by atoms with Crippen molar-refractivity contribution in [2.45, 2.75) is 26.7 Å². The Balaban J connectivity index is 0.939. The van der Waals surface area contributed by atoms with E-state index in [0.29, 0.717) is 0 Å². The number of rotatable bonds is 8. The lowest BCUT2D eigenvalue weighted by Crippen LogP contribution is -2.10. The highest BCUT2D eigenvalue weighted by Gasteiger charge is 2.30. The molecule has 0 spiro atoms. The fourth-order valence-electron chi connectivity index (χ4n) is 13.5. The molecule has 0 radical (unpaired) electrons. The van der Waals surface area contributed by atoms with Gasteiger partial charge in [-0.2, -0.15) is 0 Å². The molecule has 17 rings (SSSR count). The lowest BCUT2D eigenvalue weighted by molar-refractivity contribution is 0.663. The van der Waals surface area contributed by atoms with Crippen LogP contribution in [0.4, 0.5) is 34.1 Å². The molecule has 0 aliphatic carbocycles. The predicted octanol–water partition coefficient (Wildman–Crippen LogP) is 19.9. The number of benzene rings is 11. The third-order valence-electron chi connectivity index (χ3n) is 16.7. The van der Waals surface area contributed by atoms with Crippen molar-refractivity contribution in [3.05, 3.63) is 230 Å². The topological polar surface area (TPSA) is 41.6 Å². The van der Waals surface area contributed by atoms with Crippen molar-refractivity contribution >= 4 is 154 Å². The molecule has 0 fully saturated rings. The van der Waals surface area contributed by atoms with Gasteiger partial charge in [0.1, 0.15) is 11.2 Å². The molecule has 0 unspecified atom stereocenters. The van der Waals surface area contributed by atoms with Crippen LogP contribution < -0.4 is 9.80 Å². The Kier molecular flexibility index (Phi) is 8.44. The summed E-state index contributed by atoms with van der Waals surface area (Å²) in [5, 5.41) is 14.3. The molecular weight excluding hydrogens is 929 g/mol. The van der Waals surface area contributed by atoms with Gasteiger partial charge in [-0.05, 0) is 96.8 Å². The SMILES string of the molecule is CCc1cccc2c1oc1c(N(c3ccccc3)c3ccc4c5cc6c(cc5n5c7ccccc7c3c45)c3ccc(N(c4ccccc4)c4cccc5c4oc4c(CC)cccc45)c4c5ccccc5n6c34)cccc12. The van der Waals surface area contributed by atoms with Crippen LogP contribution in [0.3, 0.4) is 0 Å². The smallest absolute Gasteiger partial charge is 0.159 e. The summed E-state index contributed by atoms with van der Waals surface area (Å²) < 4.78 is 19.0. The second kappa shape index (κ2) is 15.4. The van der Waals surface area contributed by atoms with Gasteiger partial charge >= 0.3 is 0 Å². The molecule has 0 aliphatic heterocycles. The van der Waals surface area contributed by atoms with Gasteiger partial charge in [0.2, 0.25) is 0 Å². The second-order valence-corrected chi connectivity index (χ2v) is 20.5. The van der Waals surface area contributed by atoms with Crippen LogP contribution in [0.25, 0.3) is 120 Å². The third kappa shape index (κ3) is 5.39. The summed E-state index contributed by atoms with van der Waals surface area (Å²) in [5.74, 6) is 0. The fourth-order valence-corrected chi connectivity index (χ4v) is 13.5. The largest absolute Gasteiger partial charge is 0.454 e. The van der Waals surface area contributed by atoms with Crippen LogP contribution in [-0.4, -0.2) is 8.80 Å². The Morgan fingerprint density at radius 2 is 0.684 bits per heavy atom. The van der Waals surface area contributed by atoms with Crippen molar-refractivity contribution in [2.24, 2.45) is 0 Å². The molecule has 0 saturated carbocycles. The lowest BCUT2D eigenvalue weighted by atomic mass is 10.0. The Morgan fingerprint density at radius 1 is 0.303 bits per heavy atom. The number of aryl methyl sites for hydroxylation is 2. The Hall–Kier alpha value is -9.78. The second-order valence-electron chi connectivity index (χ2n) is 20.5. The Morgan fingerprint density at radius 3 is 1.12 bits per heavy atom. The number of fused-ring (bicyclic) bond motifs is 18. The summed E-state index contributed by atoms with van der Waals surface area (Å²) in [6.45, 7) is 4.40. The van der Waals surface area contributed by atoms with E-state index in [-0.39, 0.29) is 0 Å². The maximum Gasteiger partial charge on any atom is 0.159 e. The molecule has 0 bridgehead atoms. The molecule has 0 atom stereocenters. The minimum Gasteiger partial charge on any atom is -0.454 e. The highest BCUT2D eigenvalue weighted by atomic mass is 16.3. The van der Waals surface area contributed by atoms with Gasteiger partial charge < -0.3 is 27.4 Å². The van der Waals surface area contributed by atoms with Gasteiger partial charge in [-0.3, -0.25) is 0 Å². The zero-order chi connectivity index (χ0) is 49.9. The standard InChI is InChI=1S/C70H46N4O2/c1-3-41-19-15-27-47-49-29-17-33-59(69(49)75-67(41)47)71(43-21-7-5-8-22-43)57-37-35-45-53-39-62-54(40-61(53)73-55-31-13-11-25-51(55)63(57)65(45)73)46-36-38-58(64-52-26-12-14-32-56(52)74(62)66(46)64)72(44-23-9-6-10-24-44)60-34-18-30-50-48-28-16-20-42(4-2)68(48)76-70(50)60/h5-40H,3-4H2,1-2H3. The molecule has 6 heteroatoms. The van der Waals surface area contributed by atoms with Crippen LogP contribution >= 0.6 is 0 Å². The van der Waals surface area contributed by atoms with Crippen LogP contribution in [0.1, 0.15) is 25.0 Å². The minimum atomic E-state index is 0.883. The molecule has 358 valence electrons. The van der Waals surface area contributed by atoms with Crippen LogP contribution in [0.15, 0.2) is 227 Å². The van der Waals surface area contributed by atoms with Gasteiger partial charge in [0.15, 0.2) is 11.2 Å². The van der Waals surface area contributed by atoms with Gasteiger partial charge in [0.25, 0.3) is 0 Å². The highest BCUT2D eigenvalue weighted by Crippen LogP contribution is 2.53. The Bertz CT molecular complexity index is 4890. The summed E-state index contributed by atoms with van der Waals surface area (Å²) in [5.41, 5.74) is 19.6. The van der Waals surface area contributed by atoms with Gasteiger partial charge in [-0.15, -0.1) is 0 Å². The van der Waals surface area contributed by atoms with Gasteiger partial charge in [-0.25, -0.2) is 0 Å². The van der Waals surface area contributed by atoms with E-state index in [1.807, 2.05) is 0 Å².